The summed E-state index contributed by atoms with van der Waals surface area (Å²) in [6.45, 7) is 6.84. The Morgan fingerprint density at radius 1 is 1.25 bits per heavy atom. The van der Waals surface area contributed by atoms with Crippen molar-refractivity contribution in [2.75, 3.05) is 39.8 Å². The minimum absolute atomic E-state index is 0.00692. The van der Waals surface area contributed by atoms with Crippen molar-refractivity contribution in [2.45, 2.75) is 45.6 Å². The van der Waals surface area contributed by atoms with E-state index in [1.54, 1.807) is 11.9 Å². The van der Waals surface area contributed by atoms with Gasteiger partial charge in [-0.2, -0.15) is 0 Å². The van der Waals surface area contributed by atoms with Crippen molar-refractivity contribution in [1.82, 2.24) is 9.80 Å². The molecule has 0 radical (unpaired) electrons. The minimum Gasteiger partial charge on any atom is -0.480 e. The fourth-order valence-electron chi connectivity index (χ4n) is 3.96. The lowest BCUT2D eigenvalue weighted by atomic mass is 9.76. The van der Waals surface area contributed by atoms with Crippen LogP contribution in [-0.4, -0.2) is 72.7 Å². The first-order valence-corrected chi connectivity index (χ1v) is 9.17. The molecule has 1 saturated carbocycles. The van der Waals surface area contributed by atoms with E-state index < -0.39 is 5.97 Å². The maximum atomic E-state index is 12.8. The highest BCUT2D eigenvalue weighted by molar-refractivity contribution is 5.79. The topological polar surface area (TPSA) is 70.1 Å². The fourth-order valence-corrected chi connectivity index (χ4v) is 3.96. The van der Waals surface area contributed by atoms with Crippen LogP contribution in [0.5, 0.6) is 0 Å². The predicted molar refractivity (Wildman–Crippen MR) is 91.7 cm³/mol. The zero-order valence-electron chi connectivity index (χ0n) is 15.2. The third-order valence-electron chi connectivity index (χ3n) is 5.43. The summed E-state index contributed by atoms with van der Waals surface area (Å²) in [5.41, 5.74) is 0. The van der Waals surface area contributed by atoms with E-state index in [2.05, 4.69) is 13.8 Å². The average molecular weight is 340 g/mol. The molecule has 0 spiro atoms. The molecule has 0 aromatic heterocycles. The number of carboxylic acid groups (broad SMARTS) is 1. The Balaban J connectivity index is 1.81. The van der Waals surface area contributed by atoms with E-state index in [0.29, 0.717) is 32.2 Å². The summed E-state index contributed by atoms with van der Waals surface area (Å²) in [7, 11) is 1.77. The van der Waals surface area contributed by atoms with E-state index in [1.165, 1.54) is 0 Å². The van der Waals surface area contributed by atoms with Crippen LogP contribution in [0, 0.1) is 17.8 Å². The highest BCUT2D eigenvalue weighted by atomic mass is 16.5. The Hall–Kier alpha value is -1.14. The summed E-state index contributed by atoms with van der Waals surface area (Å²) in [5, 5.41) is 8.84. The van der Waals surface area contributed by atoms with Gasteiger partial charge in [-0.1, -0.05) is 13.8 Å². The Kier molecular flexibility index (Phi) is 7.04. The predicted octanol–water partition coefficient (Wildman–Crippen LogP) is 1.69. The van der Waals surface area contributed by atoms with Crippen LogP contribution >= 0.6 is 0 Å². The molecule has 1 saturated heterocycles. The minimum atomic E-state index is -0.844. The SMILES string of the molecule is CC(C)C1CCC(C(=O)N2CCOC(CN(C)CC(=O)O)C2)CC1. The monoisotopic (exact) mass is 340 g/mol. The van der Waals surface area contributed by atoms with Gasteiger partial charge in [0.15, 0.2) is 0 Å². The van der Waals surface area contributed by atoms with Gasteiger partial charge in [0.25, 0.3) is 0 Å². The standard InChI is InChI=1S/C18H32N2O4/c1-13(2)14-4-6-15(7-5-14)18(23)20-8-9-24-16(11-20)10-19(3)12-17(21)22/h13-16H,4-12H2,1-3H3,(H,21,22). The molecule has 0 aromatic rings. The number of rotatable bonds is 6. The molecule has 6 heteroatoms. The van der Waals surface area contributed by atoms with Crippen LogP contribution in [-0.2, 0) is 14.3 Å². The first kappa shape index (κ1) is 19.2. The van der Waals surface area contributed by atoms with Gasteiger partial charge in [-0.15, -0.1) is 0 Å². The third kappa shape index (κ3) is 5.45. The second-order valence-electron chi connectivity index (χ2n) is 7.72. The molecule has 1 aliphatic carbocycles. The number of nitrogens with zero attached hydrogens (tertiary/aromatic N) is 2. The maximum Gasteiger partial charge on any atom is 0.317 e. The number of morpholine rings is 1. The molecule has 0 aromatic carbocycles. The summed E-state index contributed by atoms with van der Waals surface area (Å²) >= 11 is 0. The molecule has 1 heterocycles. The van der Waals surface area contributed by atoms with E-state index in [1.807, 2.05) is 4.90 Å². The van der Waals surface area contributed by atoms with Gasteiger partial charge < -0.3 is 14.7 Å². The van der Waals surface area contributed by atoms with Gasteiger partial charge in [0.1, 0.15) is 0 Å². The van der Waals surface area contributed by atoms with Crippen molar-refractivity contribution in [1.29, 1.82) is 0 Å². The zero-order valence-corrected chi connectivity index (χ0v) is 15.2. The zero-order chi connectivity index (χ0) is 17.7. The number of carbonyl (C=O) groups is 2. The number of ether oxygens (including phenoxy) is 1. The van der Waals surface area contributed by atoms with Crippen molar-refractivity contribution in [3.8, 4) is 0 Å². The number of likely N-dealkylation sites (N-methyl/N-ethyl adjacent to an activating group) is 1. The van der Waals surface area contributed by atoms with Gasteiger partial charge in [0, 0.05) is 25.6 Å². The van der Waals surface area contributed by atoms with Crippen LogP contribution in [0.15, 0.2) is 0 Å². The smallest absolute Gasteiger partial charge is 0.317 e. The average Bonchev–Trinajstić information content (AvgIpc) is 2.53. The molecule has 0 bridgehead atoms. The largest absolute Gasteiger partial charge is 0.480 e. The van der Waals surface area contributed by atoms with E-state index in [0.717, 1.165) is 31.6 Å². The highest BCUT2D eigenvalue weighted by Crippen LogP contribution is 2.34. The van der Waals surface area contributed by atoms with E-state index in [-0.39, 0.29) is 24.5 Å². The Morgan fingerprint density at radius 3 is 2.50 bits per heavy atom. The molecule has 1 N–H and O–H groups in total. The van der Waals surface area contributed by atoms with Gasteiger partial charge in [0.05, 0.1) is 19.3 Å². The lowest BCUT2D eigenvalue weighted by molar-refractivity contribution is -0.146. The number of hydrogen-bond acceptors (Lipinski definition) is 4. The molecular weight excluding hydrogens is 308 g/mol. The normalized spacial score (nSPS) is 28.4. The van der Waals surface area contributed by atoms with Crippen LogP contribution in [0.2, 0.25) is 0 Å². The van der Waals surface area contributed by atoms with Crippen molar-refractivity contribution < 1.29 is 19.4 Å². The molecule has 2 rings (SSSR count). The van der Waals surface area contributed by atoms with Gasteiger partial charge >= 0.3 is 5.97 Å². The summed E-state index contributed by atoms with van der Waals surface area (Å²) in [4.78, 5) is 27.2. The summed E-state index contributed by atoms with van der Waals surface area (Å²) < 4.78 is 5.72. The third-order valence-corrected chi connectivity index (χ3v) is 5.43. The quantitative estimate of drug-likeness (QED) is 0.797. The van der Waals surface area contributed by atoms with Crippen LogP contribution in [0.4, 0.5) is 0 Å². The van der Waals surface area contributed by atoms with Crippen molar-refractivity contribution >= 4 is 11.9 Å². The molecule has 1 atom stereocenters. The molecule has 138 valence electrons. The first-order chi connectivity index (χ1) is 11.4. The molecule has 2 aliphatic rings. The molecule has 1 aliphatic heterocycles. The van der Waals surface area contributed by atoms with Crippen LogP contribution in [0.25, 0.3) is 0 Å². The lowest BCUT2D eigenvalue weighted by Crippen LogP contribution is -2.51. The van der Waals surface area contributed by atoms with Gasteiger partial charge in [-0.3, -0.25) is 14.5 Å². The van der Waals surface area contributed by atoms with Crippen molar-refractivity contribution in [3.63, 3.8) is 0 Å². The van der Waals surface area contributed by atoms with Crippen LogP contribution in [0.3, 0.4) is 0 Å². The van der Waals surface area contributed by atoms with Crippen molar-refractivity contribution in [3.05, 3.63) is 0 Å². The Bertz CT molecular complexity index is 433. The van der Waals surface area contributed by atoms with Crippen molar-refractivity contribution in [2.24, 2.45) is 17.8 Å². The molecule has 24 heavy (non-hydrogen) atoms. The second-order valence-corrected chi connectivity index (χ2v) is 7.72. The van der Waals surface area contributed by atoms with Gasteiger partial charge in [0.2, 0.25) is 5.91 Å². The number of carbonyl (C=O) groups excluding carboxylic acids is 1. The fraction of sp³-hybridized carbons (Fsp3) is 0.889. The van der Waals surface area contributed by atoms with E-state index in [9.17, 15) is 9.59 Å². The number of aliphatic carboxylic acids is 1. The maximum absolute atomic E-state index is 12.8. The molecule has 1 amide bonds. The molecule has 1 unspecified atom stereocenters. The van der Waals surface area contributed by atoms with Gasteiger partial charge in [-0.05, 0) is 44.6 Å². The highest BCUT2D eigenvalue weighted by Gasteiger charge is 2.33. The number of amides is 1. The Morgan fingerprint density at radius 2 is 1.92 bits per heavy atom. The number of hydrogen-bond donors (Lipinski definition) is 1. The second kappa shape index (κ2) is 8.81. The molecule has 6 nitrogen and oxygen atoms in total. The van der Waals surface area contributed by atoms with Gasteiger partial charge in [-0.25, -0.2) is 0 Å². The van der Waals surface area contributed by atoms with Crippen LogP contribution in [0.1, 0.15) is 39.5 Å². The summed E-state index contributed by atoms with van der Waals surface area (Å²) in [6, 6.07) is 0. The number of carboxylic acids is 1. The summed E-state index contributed by atoms with van der Waals surface area (Å²) in [6.07, 6.45) is 4.22. The Labute approximate surface area is 145 Å². The first-order valence-electron chi connectivity index (χ1n) is 9.17. The molecular formula is C18H32N2O4. The lowest BCUT2D eigenvalue weighted by Gasteiger charge is -2.38. The van der Waals surface area contributed by atoms with Crippen LogP contribution < -0.4 is 0 Å². The van der Waals surface area contributed by atoms with E-state index >= 15 is 0 Å². The van der Waals surface area contributed by atoms with E-state index in [4.69, 9.17) is 9.84 Å². The summed E-state index contributed by atoms with van der Waals surface area (Å²) in [5.74, 6) is 1.06. The molecule has 2 fully saturated rings.